The summed E-state index contributed by atoms with van der Waals surface area (Å²) in [6, 6.07) is 9.30. The molecule has 1 heterocycles. The number of nitrogens with two attached hydrogens (primary N) is 1. The van der Waals surface area contributed by atoms with Crippen molar-refractivity contribution in [1.29, 1.82) is 0 Å². The van der Waals surface area contributed by atoms with Crippen LogP contribution in [0.4, 0.5) is 4.79 Å². The van der Waals surface area contributed by atoms with E-state index in [9.17, 15) is 19.5 Å². The Labute approximate surface area is 171 Å². The Balaban J connectivity index is 1.67. The molecule has 158 valence electrons. The fraction of sp³-hybridized carbons (Fsp3) is 0.591. The first-order chi connectivity index (χ1) is 14.0. The van der Waals surface area contributed by atoms with Crippen LogP contribution in [-0.2, 0) is 16.0 Å². The predicted molar refractivity (Wildman–Crippen MR) is 109 cm³/mol. The summed E-state index contributed by atoms with van der Waals surface area (Å²) in [5.74, 6) is -1.96. The van der Waals surface area contributed by atoms with Gasteiger partial charge in [0, 0.05) is 13.1 Å². The van der Waals surface area contributed by atoms with Gasteiger partial charge in [-0.25, -0.2) is 4.79 Å². The number of nitrogens with one attached hydrogen (secondary N) is 1. The average molecular weight is 402 g/mol. The zero-order valence-corrected chi connectivity index (χ0v) is 16.8. The van der Waals surface area contributed by atoms with E-state index < -0.39 is 29.9 Å². The van der Waals surface area contributed by atoms with Crippen LogP contribution in [0.5, 0.6) is 0 Å². The summed E-state index contributed by atoms with van der Waals surface area (Å²) in [5.41, 5.74) is 6.81. The number of hydrogen-bond acceptors (Lipinski definition) is 3. The number of likely N-dealkylation sites (tertiary alicyclic amines) is 1. The van der Waals surface area contributed by atoms with Crippen molar-refractivity contribution in [1.82, 2.24) is 10.2 Å². The zero-order chi connectivity index (χ0) is 20.8. The number of rotatable bonds is 7. The molecule has 2 fully saturated rings. The van der Waals surface area contributed by atoms with Crippen LogP contribution in [0.25, 0.3) is 0 Å². The van der Waals surface area contributed by atoms with Gasteiger partial charge in [0.2, 0.25) is 11.8 Å². The number of primary amides is 1. The van der Waals surface area contributed by atoms with Gasteiger partial charge in [-0.1, -0.05) is 49.6 Å². The summed E-state index contributed by atoms with van der Waals surface area (Å²) in [7, 11) is 0. The van der Waals surface area contributed by atoms with E-state index in [4.69, 9.17) is 5.73 Å². The quantitative estimate of drug-likeness (QED) is 0.481. The maximum Gasteiger partial charge on any atom is 0.407 e. The normalized spacial score (nSPS) is 25.0. The van der Waals surface area contributed by atoms with Gasteiger partial charge >= 0.3 is 6.09 Å². The first-order valence-electron chi connectivity index (χ1n) is 10.6. The number of carbonyl (C=O) groups excluding carboxylic acids is 2. The number of benzene rings is 1. The number of aryl methyl sites for hydroxylation is 1. The first kappa shape index (κ1) is 21.1. The molecule has 4 unspecified atom stereocenters. The van der Waals surface area contributed by atoms with Gasteiger partial charge in [0.15, 0.2) is 0 Å². The smallest absolute Gasteiger partial charge is 0.407 e. The van der Waals surface area contributed by atoms with Crippen molar-refractivity contribution in [3.63, 3.8) is 0 Å². The van der Waals surface area contributed by atoms with Gasteiger partial charge in [0.25, 0.3) is 0 Å². The Morgan fingerprint density at radius 2 is 1.86 bits per heavy atom. The molecule has 29 heavy (non-hydrogen) atoms. The Hall–Kier alpha value is -2.57. The maximum absolute atomic E-state index is 12.9. The minimum atomic E-state index is -1.14. The third-order valence-electron chi connectivity index (χ3n) is 6.47. The number of fused-ring (bicyclic) bond motifs is 1. The fourth-order valence-electron chi connectivity index (χ4n) is 5.09. The van der Waals surface area contributed by atoms with Crippen LogP contribution in [0.15, 0.2) is 30.3 Å². The highest BCUT2D eigenvalue weighted by Crippen LogP contribution is 2.42. The summed E-state index contributed by atoms with van der Waals surface area (Å²) in [6.45, 7) is 0.775. The molecule has 3 rings (SSSR count). The lowest BCUT2D eigenvalue weighted by molar-refractivity contribution is -0.139. The summed E-state index contributed by atoms with van der Waals surface area (Å²) >= 11 is 0. The molecule has 0 spiro atoms. The Morgan fingerprint density at radius 1 is 1.14 bits per heavy atom. The van der Waals surface area contributed by atoms with Gasteiger partial charge < -0.3 is 21.1 Å². The monoisotopic (exact) mass is 401 g/mol. The molecule has 4 atom stereocenters. The number of carboxylic acid groups (broad SMARTS) is 1. The van der Waals surface area contributed by atoms with Crippen molar-refractivity contribution in [3.8, 4) is 0 Å². The molecule has 2 aliphatic rings. The van der Waals surface area contributed by atoms with Crippen LogP contribution in [-0.4, -0.2) is 47.0 Å². The average Bonchev–Trinajstić information content (AvgIpc) is 2.72. The molecule has 0 bridgehead atoms. The molecule has 1 aromatic carbocycles. The highest BCUT2D eigenvalue weighted by Gasteiger charge is 2.49. The molecule has 1 aromatic rings. The van der Waals surface area contributed by atoms with Gasteiger partial charge in [-0.2, -0.15) is 0 Å². The van der Waals surface area contributed by atoms with Crippen LogP contribution in [0.3, 0.4) is 0 Å². The van der Waals surface area contributed by atoms with Gasteiger partial charge in [-0.3, -0.25) is 9.59 Å². The third-order valence-corrected chi connectivity index (χ3v) is 6.47. The van der Waals surface area contributed by atoms with Crippen molar-refractivity contribution in [3.05, 3.63) is 35.9 Å². The number of carbonyl (C=O) groups is 3. The SMILES string of the molecule is NC(=O)C(C(=O)NCCCc1ccccc1)C1C2CCCCC2CCN1C(=O)O. The number of amides is 3. The molecule has 7 heteroatoms. The van der Waals surface area contributed by atoms with E-state index in [1.165, 1.54) is 10.5 Å². The van der Waals surface area contributed by atoms with E-state index in [-0.39, 0.29) is 5.92 Å². The molecule has 0 radical (unpaired) electrons. The molecule has 7 nitrogen and oxygen atoms in total. The van der Waals surface area contributed by atoms with E-state index in [1.807, 2.05) is 30.3 Å². The van der Waals surface area contributed by atoms with Gasteiger partial charge in [-0.05, 0) is 43.1 Å². The molecule has 3 amide bonds. The topological polar surface area (TPSA) is 113 Å². The molecule has 0 aromatic heterocycles. The van der Waals surface area contributed by atoms with Gasteiger partial charge in [-0.15, -0.1) is 0 Å². The number of piperidine rings is 1. The van der Waals surface area contributed by atoms with Gasteiger partial charge in [0.1, 0.15) is 5.92 Å². The Bertz CT molecular complexity index is 724. The zero-order valence-electron chi connectivity index (χ0n) is 16.8. The molecule has 4 N–H and O–H groups in total. The number of nitrogens with zero attached hydrogens (tertiary/aromatic N) is 1. The lowest BCUT2D eigenvalue weighted by Crippen LogP contribution is -2.61. The largest absolute Gasteiger partial charge is 0.465 e. The van der Waals surface area contributed by atoms with E-state index in [0.29, 0.717) is 19.0 Å². The summed E-state index contributed by atoms with van der Waals surface area (Å²) in [6.07, 6.45) is 5.24. The summed E-state index contributed by atoms with van der Waals surface area (Å²) in [5, 5.41) is 12.5. The minimum Gasteiger partial charge on any atom is -0.465 e. The molecular weight excluding hydrogens is 370 g/mol. The van der Waals surface area contributed by atoms with E-state index >= 15 is 0 Å². The van der Waals surface area contributed by atoms with Crippen LogP contribution in [0.1, 0.15) is 44.1 Å². The van der Waals surface area contributed by atoms with Crippen LogP contribution in [0.2, 0.25) is 0 Å². The van der Waals surface area contributed by atoms with Crippen molar-refractivity contribution in [2.24, 2.45) is 23.5 Å². The molecule has 1 aliphatic carbocycles. The van der Waals surface area contributed by atoms with Crippen LogP contribution < -0.4 is 11.1 Å². The molecule has 1 aliphatic heterocycles. The van der Waals surface area contributed by atoms with Crippen molar-refractivity contribution in [2.45, 2.75) is 51.0 Å². The van der Waals surface area contributed by atoms with Crippen LogP contribution >= 0.6 is 0 Å². The second-order valence-electron chi connectivity index (χ2n) is 8.22. The standard InChI is InChI=1S/C22H31N3O4/c23-20(26)18(21(27)24-13-6-9-15-7-2-1-3-8-15)19-17-11-5-4-10-16(17)12-14-25(19)22(28)29/h1-3,7-8,16-19H,4-6,9-14H2,(H2,23,26)(H,24,27)(H,28,29). The highest BCUT2D eigenvalue weighted by molar-refractivity contribution is 6.00. The molecule has 1 saturated heterocycles. The lowest BCUT2D eigenvalue weighted by atomic mass is 9.67. The van der Waals surface area contributed by atoms with Crippen molar-refractivity contribution >= 4 is 17.9 Å². The predicted octanol–water partition coefficient (Wildman–Crippen LogP) is 2.40. The Kier molecular flexibility index (Phi) is 7.12. The first-order valence-corrected chi connectivity index (χ1v) is 10.6. The number of hydrogen-bond donors (Lipinski definition) is 3. The summed E-state index contributed by atoms with van der Waals surface area (Å²) in [4.78, 5) is 38.3. The van der Waals surface area contributed by atoms with E-state index in [1.54, 1.807) is 0 Å². The van der Waals surface area contributed by atoms with Crippen LogP contribution in [0, 0.1) is 17.8 Å². The highest BCUT2D eigenvalue weighted by atomic mass is 16.4. The summed E-state index contributed by atoms with van der Waals surface area (Å²) < 4.78 is 0. The second kappa shape index (κ2) is 9.76. The molecule has 1 saturated carbocycles. The Morgan fingerprint density at radius 3 is 2.55 bits per heavy atom. The van der Waals surface area contributed by atoms with E-state index in [0.717, 1.165) is 44.9 Å². The fourth-order valence-corrected chi connectivity index (χ4v) is 5.09. The maximum atomic E-state index is 12.9. The lowest BCUT2D eigenvalue weighted by Gasteiger charge is -2.48. The van der Waals surface area contributed by atoms with Gasteiger partial charge in [0.05, 0.1) is 6.04 Å². The van der Waals surface area contributed by atoms with E-state index in [2.05, 4.69) is 5.32 Å². The van der Waals surface area contributed by atoms with Crippen molar-refractivity contribution < 1.29 is 19.5 Å². The van der Waals surface area contributed by atoms with Crippen molar-refractivity contribution in [2.75, 3.05) is 13.1 Å². The minimum absolute atomic E-state index is 0.0150. The third kappa shape index (κ3) is 5.08. The molecular formula is C22H31N3O4. The second-order valence-corrected chi connectivity index (χ2v) is 8.22.